The zero-order valence-corrected chi connectivity index (χ0v) is 18.6. The molecule has 1 fully saturated rings. The van der Waals surface area contributed by atoms with Crippen LogP contribution in [-0.2, 0) is 11.3 Å². The summed E-state index contributed by atoms with van der Waals surface area (Å²) in [6, 6.07) is 14.1. The molecule has 0 aliphatic carbocycles. The van der Waals surface area contributed by atoms with Gasteiger partial charge in [0.1, 0.15) is 17.6 Å². The molecule has 4 aromatic rings. The van der Waals surface area contributed by atoms with Crippen molar-refractivity contribution in [1.29, 1.82) is 0 Å². The Morgan fingerprint density at radius 1 is 0.912 bits per heavy atom. The van der Waals surface area contributed by atoms with Crippen LogP contribution in [-0.4, -0.2) is 39.5 Å². The van der Waals surface area contributed by atoms with Crippen molar-refractivity contribution in [3.63, 3.8) is 0 Å². The van der Waals surface area contributed by atoms with E-state index in [2.05, 4.69) is 15.6 Å². The first-order valence-corrected chi connectivity index (χ1v) is 11.4. The molecular weight excluding hydrogens is 434 g/mol. The maximum absolute atomic E-state index is 12.8. The number of nitrogens with one attached hydrogen (secondary N) is 2. The van der Waals surface area contributed by atoms with Crippen LogP contribution in [0.2, 0.25) is 0 Å². The fraction of sp³-hybridized carbons (Fsp3) is 0.280. The average Bonchev–Trinajstić information content (AvgIpc) is 3.01. The molecule has 9 heteroatoms. The molecule has 34 heavy (non-hydrogen) atoms. The number of nitrogens with zero attached hydrogens (tertiary/aromatic N) is 3. The maximum atomic E-state index is 12.8. The molecule has 0 radical (unpaired) electrons. The molecule has 3 amide bonds. The lowest BCUT2D eigenvalue weighted by molar-refractivity contribution is -0.116. The summed E-state index contributed by atoms with van der Waals surface area (Å²) in [7, 11) is 0. The Hall–Kier alpha value is -4.14. The molecule has 2 aromatic heterocycles. The van der Waals surface area contributed by atoms with Gasteiger partial charge in [-0.05, 0) is 49.2 Å². The first-order valence-electron chi connectivity index (χ1n) is 11.4. The van der Waals surface area contributed by atoms with Gasteiger partial charge >= 0.3 is 6.03 Å². The van der Waals surface area contributed by atoms with Gasteiger partial charge in [0.15, 0.2) is 0 Å². The van der Waals surface area contributed by atoms with Crippen LogP contribution >= 0.6 is 0 Å². The number of hydrogen-bond acceptors (Lipinski definition) is 5. The van der Waals surface area contributed by atoms with Gasteiger partial charge in [0.05, 0.1) is 6.33 Å². The Kier molecular flexibility index (Phi) is 5.99. The summed E-state index contributed by atoms with van der Waals surface area (Å²) in [5.41, 5.74) is 1.98. The standard InChI is InChI=1S/C25H25N5O4/c31-21(15-30-16-26-22-19-7-3-4-8-20(19)34-23(22)24(30)32)27-17-9-11-18(12-10-17)28-25(33)29-13-5-1-2-6-14-29/h3-4,7-12,16H,1-2,5-6,13-15H2,(H,27,31)(H,28,33). The zero-order chi connectivity index (χ0) is 23.5. The van der Waals surface area contributed by atoms with Crippen molar-refractivity contribution < 1.29 is 14.0 Å². The minimum absolute atomic E-state index is 0.105. The molecule has 1 aliphatic rings. The van der Waals surface area contributed by atoms with Crippen LogP contribution in [0.5, 0.6) is 0 Å². The zero-order valence-electron chi connectivity index (χ0n) is 18.6. The van der Waals surface area contributed by atoms with Gasteiger partial charge in [0, 0.05) is 29.9 Å². The predicted molar refractivity (Wildman–Crippen MR) is 130 cm³/mol. The molecule has 2 aromatic carbocycles. The molecule has 0 spiro atoms. The number of benzene rings is 2. The highest BCUT2D eigenvalue weighted by Gasteiger charge is 2.16. The Morgan fingerprint density at radius 3 is 2.32 bits per heavy atom. The molecule has 0 bridgehead atoms. The van der Waals surface area contributed by atoms with Crippen LogP contribution in [0.4, 0.5) is 16.2 Å². The number of urea groups is 1. The number of furan rings is 1. The lowest BCUT2D eigenvalue weighted by Crippen LogP contribution is -2.35. The van der Waals surface area contributed by atoms with Gasteiger partial charge < -0.3 is 20.0 Å². The van der Waals surface area contributed by atoms with Crippen molar-refractivity contribution in [3.05, 3.63) is 65.2 Å². The summed E-state index contributed by atoms with van der Waals surface area (Å²) in [4.78, 5) is 44.0. The minimum Gasteiger partial charge on any atom is -0.448 e. The number of rotatable bonds is 4. The van der Waals surface area contributed by atoms with Gasteiger partial charge in [-0.1, -0.05) is 25.0 Å². The summed E-state index contributed by atoms with van der Waals surface area (Å²) in [6.07, 6.45) is 5.73. The van der Waals surface area contributed by atoms with Crippen LogP contribution < -0.4 is 16.2 Å². The smallest absolute Gasteiger partial charge is 0.321 e. The topological polar surface area (TPSA) is 109 Å². The highest BCUT2D eigenvalue weighted by atomic mass is 16.3. The van der Waals surface area contributed by atoms with E-state index in [0.717, 1.165) is 44.2 Å². The van der Waals surface area contributed by atoms with Crippen LogP contribution in [0.25, 0.3) is 22.1 Å². The fourth-order valence-electron chi connectivity index (χ4n) is 4.20. The SMILES string of the molecule is O=C(Cn1cnc2c(oc3ccccc32)c1=O)Nc1ccc(NC(=O)N2CCCCCC2)cc1. The van der Waals surface area contributed by atoms with Crippen molar-refractivity contribution in [2.24, 2.45) is 0 Å². The van der Waals surface area contributed by atoms with E-state index >= 15 is 0 Å². The number of anilines is 2. The Morgan fingerprint density at radius 2 is 1.59 bits per heavy atom. The van der Waals surface area contributed by atoms with Crippen molar-refractivity contribution in [2.75, 3.05) is 23.7 Å². The number of para-hydroxylation sites is 1. The third-order valence-electron chi connectivity index (χ3n) is 5.98. The molecule has 1 aliphatic heterocycles. The molecular formula is C25H25N5O4. The third kappa shape index (κ3) is 4.50. The van der Waals surface area contributed by atoms with Crippen LogP contribution in [0.15, 0.2) is 64.1 Å². The number of hydrogen-bond donors (Lipinski definition) is 2. The summed E-state index contributed by atoms with van der Waals surface area (Å²) in [6.45, 7) is 1.34. The lowest BCUT2D eigenvalue weighted by atomic mass is 10.2. The van der Waals surface area contributed by atoms with Gasteiger partial charge in [0.25, 0.3) is 5.56 Å². The van der Waals surface area contributed by atoms with Gasteiger partial charge in [0.2, 0.25) is 11.5 Å². The maximum Gasteiger partial charge on any atom is 0.321 e. The minimum atomic E-state index is -0.414. The van der Waals surface area contributed by atoms with Gasteiger partial charge in [-0.3, -0.25) is 14.2 Å². The first kappa shape index (κ1) is 21.7. The van der Waals surface area contributed by atoms with E-state index in [4.69, 9.17) is 4.42 Å². The van der Waals surface area contributed by atoms with Gasteiger partial charge in [-0.2, -0.15) is 0 Å². The van der Waals surface area contributed by atoms with E-state index in [9.17, 15) is 14.4 Å². The van der Waals surface area contributed by atoms with E-state index in [-0.39, 0.29) is 24.1 Å². The van der Waals surface area contributed by atoms with E-state index in [1.165, 1.54) is 10.9 Å². The summed E-state index contributed by atoms with van der Waals surface area (Å²) >= 11 is 0. The average molecular weight is 460 g/mol. The largest absolute Gasteiger partial charge is 0.448 e. The quantitative estimate of drug-likeness (QED) is 0.476. The number of likely N-dealkylation sites (tertiary alicyclic amines) is 1. The number of carbonyl (C=O) groups is 2. The Labute approximate surface area is 195 Å². The van der Waals surface area contributed by atoms with Gasteiger partial charge in [-0.25, -0.2) is 9.78 Å². The van der Waals surface area contributed by atoms with E-state index in [1.807, 2.05) is 23.1 Å². The monoisotopic (exact) mass is 459 g/mol. The van der Waals surface area contributed by atoms with Crippen molar-refractivity contribution in [1.82, 2.24) is 14.5 Å². The molecule has 2 N–H and O–H groups in total. The number of aromatic nitrogens is 2. The van der Waals surface area contributed by atoms with Crippen LogP contribution in [0, 0.1) is 0 Å². The number of carbonyl (C=O) groups excluding carboxylic acids is 2. The first-order chi connectivity index (χ1) is 16.6. The molecule has 0 atom stereocenters. The van der Waals surface area contributed by atoms with E-state index in [0.29, 0.717) is 22.5 Å². The molecule has 1 saturated heterocycles. The third-order valence-corrected chi connectivity index (χ3v) is 5.98. The molecule has 9 nitrogen and oxygen atoms in total. The summed E-state index contributed by atoms with van der Waals surface area (Å²) in [5, 5.41) is 6.43. The molecule has 0 unspecified atom stereocenters. The van der Waals surface area contributed by atoms with Crippen molar-refractivity contribution in [2.45, 2.75) is 32.2 Å². The fourth-order valence-corrected chi connectivity index (χ4v) is 4.20. The highest BCUT2D eigenvalue weighted by Crippen LogP contribution is 2.24. The Bertz CT molecular complexity index is 1400. The van der Waals surface area contributed by atoms with Crippen LogP contribution in [0.3, 0.4) is 0 Å². The Balaban J connectivity index is 1.23. The van der Waals surface area contributed by atoms with E-state index in [1.54, 1.807) is 30.3 Å². The van der Waals surface area contributed by atoms with Crippen molar-refractivity contribution in [3.8, 4) is 0 Å². The summed E-state index contributed by atoms with van der Waals surface area (Å²) in [5.74, 6) is -0.374. The second-order valence-corrected chi connectivity index (χ2v) is 8.41. The predicted octanol–water partition coefficient (Wildman–Crippen LogP) is 4.19. The molecule has 174 valence electrons. The van der Waals surface area contributed by atoms with Gasteiger partial charge in [-0.15, -0.1) is 0 Å². The van der Waals surface area contributed by atoms with E-state index < -0.39 is 5.56 Å². The number of amides is 3. The lowest BCUT2D eigenvalue weighted by Gasteiger charge is -2.20. The molecule has 3 heterocycles. The second-order valence-electron chi connectivity index (χ2n) is 8.41. The van der Waals surface area contributed by atoms with Crippen molar-refractivity contribution >= 4 is 45.4 Å². The number of fused-ring (bicyclic) bond motifs is 3. The normalized spacial score (nSPS) is 14.2. The van der Waals surface area contributed by atoms with Crippen LogP contribution in [0.1, 0.15) is 25.7 Å². The molecule has 0 saturated carbocycles. The molecule has 5 rings (SSSR count). The summed E-state index contributed by atoms with van der Waals surface area (Å²) < 4.78 is 6.87. The highest BCUT2D eigenvalue weighted by molar-refractivity contribution is 6.01. The second kappa shape index (κ2) is 9.38.